The quantitative estimate of drug-likeness (QED) is 0.570. The maximum atomic E-state index is 12.8. The highest BCUT2D eigenvalue weighted by atomic mass is 32.1. The normalized spacial score (nSPS) is 11.1. The molecular weight excluding hydrogens is 392 g/mol. The zero-order valence-corrected chi connectivity index (χ0v) is 19.0. The molecule has 0 unspecified atom stereocenters. The second-order valence-corrected chi connectivity index (χ2v) is 8.37. The number of hydrogen-bond donors (Lipinski definition) is 2. The summed E-state index contributed by atoms with van der Waals surface area (Å²) in [5, 5.41) is 5.08. The molecule has 0 bridgehead atoms. The highest BCUT2D eigenvalue weighted by Gasteiger charge is 2.14. The minimum absolute atomic E-state index is 0.0584. The van der Waals surface area contributed by atoms with Crippen LogP contribution in [-0.4, -0.2) is 47.1 Å². The molecule has 5 nitrogen and oxygen atoms in total. The van der Waals surface area contributed by atoms with Crippen LogP contribution in [-0.2, 0) is 13.1 Å². The van der Waals surface area contributed by atoms with Gasteiger partial charge in [-0.1, -0.05) is 42.5 Å². The summed E-state index contributed by atoms with van der Waals surface area (Å²) in [7, 11) is 4.07. The fourth-order valence-electron chi connectivity index (χ4n) is 3.40. The Labute approximate surface area is 183 Å². The molecule has 2 N–H and O–H groups in total. The first-order valence-electron chi connectivity index (χ1n) is 10.2. The van der Waals surface area contributed by atoms with Gasteiger partial charge in [-0.15, -0.1) is 0 Å². The number of aromatic amines is 1. The molecule has 2 aromatic carbocycles. The maximum Gasteiger partial charge on any atom is 0.253 e. The largest absolute Gasteiger partial charge is 0.358 e. The number of pyridine rings is 1. The van der Waals surface area contributed by atoms with E-state index >= 15 is 0 Å². The van der Waals surface area contributed by atoms with Gasteiger partial charge in [0.15, 0.2) is 5.11 Å². The lowest BCUT2D eigenvalue weighted by Gasteiger charge is -2.27. The molecule has 0 aliphatic carbocycles. The van der Waals surface area contributed by atoms with Crippen molar-refractivity contribution < 1.29 is 0 Å². The van der Waals surface area contributed by atoms with Crippen LogP contribution >= 0.6 is 12.2 Å². The Balaban J connectivity index is 1.83. The van der Waals surface area contributed by atoms with Gasteiger partial charge in [0.2, 0.25) is 0 Å². The van der Waals surface area contributed by atoms with E-state index < -0.39 is 0 Å². The van der Waals surface area contributed by atoms with Crippen molar-refractivity contribution in [2.24, 2.45) is 0 Å². The Kier molecular flexibility index (Phi) is 7.24. The molecule has 0 radical (unpaired) electrons. The summed E-state index contributed by atoms with van der Waals surface area (Å²) in [5.74, 6) is 0. The van der Waals surface area contributed by atoms with Crippen LogP contribution in [0.1, 0.15) is 22.3 Å². The monoisotopic (exact) mass is 422 g/mol. The van der Waals surface area contributed by atoms with E-state index in [4.69, 9.17) is 12.2 Å². The molecule has 0 spiro atoms. The Hall–Kier alpha value is -2.70. The Morgan fingerprint density at radius 3 is 2.43 bits per heavy atom. The van der Waals surface area contributed by atoms with E-state index in [-0.39, 0.29) is 5.56 Å². The second kappa shape index (κ2) is 9.87. The van der Waals surface area contributed by atoms with Crippen molar-refractivity contribution in [2.45, 2.75) is 26.9 Å². The molecule has 1 heterocycles. The number of fused-ring (bicyclic) bond motifs is 1. The number of nitrogens with zero attached hydrogens (tertiary/aromatic N) is 2. The maximum absolute atomic E-state index is 12.8. The summed E-state index contributed by atoms with van der Waals surface area (Å²) >= 11 is 5.70. The first-order valence-corrected chi connectivity index (χ1v) is 10.6. The van der Waals surface area contributed by atoms with Crippen LogP contribution in [0.2, 0.25) is 0 Å². The molecule has 3 rings (SSSR count). The van der Waals surface area contributed by atoms with E-state index in [1.165, 1.54) is 5.56 Å². The number of likely N-dealkylation sites (N-methyl/N-ethyl adjacent to an activating group) is 1. The standard InChI is InChI=1S/C24H30N4OS/c1-17-10-11-18(2)22-21(17)14-20(23(29)26-22)16-28(13-12-27(3)4)24(30)25-15-19-8-6-5-7-9-19/h5-11,14H,12-13,15-16H2,1-4H3,(H,25,30)(H,26,29). The molecule has 158 valence electrons. The molecule has 0 atom stereocenters. The van der Waals surface area contributed by atoms with E-state index in [1.54, 1.807) is 0 Å². The third kappa shape index (κ3) is 5.46. The van der Waals surface area contributed by atoms with Crippen LogP contribution in [0.5, 0.6) is 0 Å². The van der Waals surface area contributed by atoms with Gasteiger partial charge in [0.25, 0.3) is 5.56 Å². The molecule has 0 aliphatic rings. The predicted octanol–water partition coefficient (Wildman–Crippen LogP) is 3.58. The van der Waals surface area contributed by atoms with E-state index in [9.17, 15) is 4.79 Å². The Morgan fingerprint density at radius 2 is 1.73 bits per heavy atom. The smallest absolute Gasteiger partial charge is 0.253 e. The summed E-state index contributed by atoms with van der Waals surface area (Å²) in [6.07, 6.45) is 0. The van der Waals surface area contributed by atoms with Crippen molar-refractivity contribution in [1.29, 1.82) is 0 Å². The molecule has 1 aromatic heterocycles. The lowest BCUT2D eigenvalue weighted by atomic mass is 10.0. The lowest BCUT2D eigenvalue weighted by Crippen LogP contribution is -2.43. The highest BCUT2D eigenvalue weighted by Crippen LogP contribution is 2.20. The summed E-state index contributed by atoms with van der Waals surface area (Å²) < 4.78 is 0. The van der Waals surface area contributed by atoms with E-state index in [0.29, 0.717) is 18.2 Å². The van der Waals surface area contributed by atoms with Gasteiger partial charge in [-0.05, 0) is 62.9 Å². The zero-order chi connectivity index (χ0) is 21.7. The van der Waals surface area contributed by atoms with Gasteiger partial charge in [0, 0.05) is 30.6 Å². The summed E-state index contributed by atoms with van der Waals surface area (Å²) in [4.78, 5) is 20.1. The van der Waals surface area contributed by atoms with Crippen LogP contribution in [0.25, 0.3) is 10.9 Å². The SMILES string of the molecule is Cc1ccc(C)c2[nH]c(=O)c(CN(CCN(C)C)C(=S)NCc3ccccc3)cc12. The number of aromatic nitrogens is 1. The molecule has 30 heavy (non-hydrogen) atoms. The molecule has 3 aromatic rings. The molecule has 0 aliphatic heterocycles. The average molecular weight is 423 g/mol. The Morgan fingerprint density at radius 1 is 1.03 bits per heavy atom. The molecular formula is C24H30N4OS. The van der Waals surface area contributed by atoms with E-state index in [0.717, 1.165) is 40.7 Å². The third-order valence-corrected chi connectivity index (χ3v) is 5.68. The molecule has 0 fully saturated rings. The van der Waals surface area contributed by atoms with Gasteiger partial charge < -0.3 is 20.1 Å². The average Bonchev–Trinajstić information content (AvgIpc) is 2.73. The van der Waals surface area contributed by atoms with Crippen molar-refractivity contribution in [3.05, 3.63) is 81.1 Å². The molecule has 0 amide bonds. The van der Waals surface area contributed by atoms with Gasteiger partial charge in [-0.2, -0.15) is 0 Å². The molecule has 0 saturated heterocycles. The predicted molar refractivity (Wildman–Crippen MR) is 129 cm³/mol. The summed E-state index contributed by atoms with van der Waals surface area (Å²) in [6, 6.07) is 16.3. The van der Waals surface area contributed by atoms with Crippen molar-refractivity contribution >= 4 is 28.2 Å². The highest BCUT2D eigenvalue weighted by molar-refractivity contribution is 7.80. The third-order valence-electron chi connectivity index (χ3n) is 5.27. The lowest BCUT2D eigenvalue weighted by molar-refractivity contribution is 0.322. The van der Waals surface area contributed by atoms with Crippen LogP contribution in [0.15, 0.2) is 53.3 Å². The van der Waals surface area contributed by atoms with Crippen molar-refractivity contribution in [3.8, 4) is 0 Å². The molecule has 0 saturated carbocycles. The minimum atomic E-state index is -0.0584. The minimum Gasteiger partial charge on any atom is -0.358 e. The van der Waals surface area contributed by atoms with Crippen LogP contribution < -0.4 is 10.9 Å². The van der Waals surface area contributed by atoms with Crippen LogP contribution in [0.3, 0.4) is 0 Å². The van der Waals surface area contributed by atoms with Gasteiger partial charge in [-0.3, -0.25) is 4.79 Å². The van der Waals surface area contributed by atoms with Crippen molar-refractivity contribution in [3.63, 3.8) is 0 Å². The van der Waals surface area contributed by atoms with Gasteiger partial charge in [0.1, 0.15) is 0 Å². The number of nitrogens with one attached hydrogen (secondary N) is 2. The number of benzene rings is 2. The molecule has 6 heteroatoms. The van der Waals surface area contributed by atoms with E-state index in [2.05, 4.69) is 45.2 Å². The Bertz CT molecular complexity index is 1080. The zero-order valence-electron chi connectivity index (χ0n) is 18.2. The number of thiocarbonyl (C=S) groups is 1. The number of aryl methyl sites for hydroxylation is 2. The van der Waals surface area contributed by atoms with Gasteiger partial charge >= 0.3 is 0 Å². The topological polar surface area (TPSA) is 51.4 Å². The van der Waals surface area contributed by atoms with E-state index in [1.807, 2.05) is 51.4 Å². The first kappa shape index (κ1) is 22.0. The fourth-order valence-corrected chi connectivity index (χ4v) is 3.63. The van der Waals surface area contributed by atoms with Gasteiger partial charge in [-0.25, -0.2) is 0 Å². The second-order valence-electron chi connectivity index (χ2n) is 7.98. The summed E-state index contributed by atoms with van der Waals surface area (Å²) in [5.41, 5.74) is 4.97. The number of hydrogen-bond acceptors (Lipinski definition) is 3. The van der Waals surface area contributed by atoms with Crippen molar-refractivity contribution in [1.82, 2.24) is 20.1 Å². The first-order chi connectivity index (χ1) is 14.3. The summed E-state index contributed by atoms with van der Waals surface area (Å²) in [6.45, 7) is 6.79. The number of rotatable bonds is 7. The fraction of sp³-hybridized carbons (Fsp3) is 0.333. The van der Waals surface area contributed by atoms with Crippen LogP contribution in [0, 0.1) is 13.8 Å². The number of H-pyrrole nitrogens is 1. The van der Waals surface area contributed by atoms with Crippen molar-refractivity contribution in [2.75, 3.05) is 27.2 Å². The van der Waals surface area contributed by atoms with Crippen LogP contribution in [0.4, 0.5) is 0 Å². The van der Waals surface area contributed by atoms with Gasteiger partial charge in [0.05, 0.1) is 12.1 Å².